The average Bonchev–Trinajstić information content (AvgIpc) is 3.15. The van der Waals surface area contributed by atoms with E-state index >= 15 is 0 Å². The van der Waals surface area contributed by atoms with Crippen LogP contribution in [0.1, 0.15) is 26.4 Å². The lowest BCUT2D eigenvalue weighted by Crippen LogP contribution is -2.23. The number of amides is 1. The number of methoxy groups -OCH3 is 1. The highest BCUT2D eigenvalue weighted by molar-refractivity contribution is 7.09. The van der Waals surface area contributed by atoms with Crippen LogP contribution in [0.3, 0.4) is 0 Å². The zero-order valence-electron chi connectivity index (χ0n) is 17.8. The summed E-state index contributed by atoms with van der Waals surface area (Å²) in [4.78, 5) is 26.7. The Labute approximate surface area is 194 Å². The Balaban J connectivity index is 1.41. The van der Waals surface area contributed by atoms with Crippen molar-refractivity contribution in [3.05, 3.63) is 104 Å². The highest BCUT2D eigenvalue weighted by Crippen LogP contribution is 2.25. The van der Waals surface area contributed by atoms with Crippen molar-refractivity contribution >= 4 is 17.2 Å². The van der Waals surface area contributed by atoms with Crippen molar-refractivity contribution in [1.82, 2.24) is 10.3 Å². The number of para-hydroxylation sites is 1. The number of benzene rings is 3. The van der Waals surface area contributed by atoms with Gasteiger partial charge in [0.1, 0.15) is 17.2 Å². The summed E-state index contributed by atoms with van der Waals surface area (Å²) in [6.45, 7) is 0.257. The minimum absolute atomic E-state index is 0.115. The summed E-state index contributed by atoms with van der Waals surface area (Å²) >= 11 is 0.970. The standard InChI is InChI=1S/C25H22N2O5S/c1-31-21-12-7-16(14-22-24(29)27-25(30)33-22)13-18(21)15-26-23(28)17-8-10-20(11-9-17)32-19-5-3-2-4-6-19/h2-13,29H,14-15H2,1H3,(H,26,28)(H,27,30). The van der Waals surface area contributed by atoms with Crippen LogP contribution in [-0.2, 0) is 13.0 Å². The number of hydrogen-bond acceptors (Lipinski definition) is 6. The summed E-state index contributed by atoms with van der Waals surface area (Å²) in [7, 11) is 1.57. The molecule has 0 unspecified atom stereocenters. The van der Waals surface area contributed by atoms with E-state index < -0.39 is 0 Å². The third kappa shape index (κ3) is 5.61. The summed E-state index contributed by atoms with van der Waals surface area (Å²) < 4.78 is 11.2. The van der Waals surface area contributed by atoms with E-state index in [1.165, 1.54) is 0 Å². The second kappa shape index (κ2) is 10.1. The summed E-state index contributed by atoms with van der Waals surface area (Å²) in [6.07, 6.45) is 0.392. The first-order valence-electron chi connectivity index (χ1n) is 10.2. The Hall–Kier alpha value is -4.04. The summed E-state index contributed by atoms with van der Waals surface area (Å²) in [5.41, 5.74) is 2.18. The van der Waals surface area contributed by atoms with Gasteiger partial charge >= 0.3 is 4.87 Å². The van der Waals surface area contributed by atoms with Crippen LogP contribution >= 0.6 is 11.3 Å². The number of nitrogens with one attached hydrogen (secondary N) is 2. The number of rotatable bonds is 8. The van der Waals surface area contributed by atoms with Gasteiger partial charge in [0.25, 0.3) is 5.91 Å². The van der Waals surface area contributed by atoms with E-state index in [0.29, 0.717) is 28.4 Å². The van der Waals surface area contributed by atoms with E-state index in [9.17, 15) is 14.7 Å². The van der Waals surface area contributed by atoms with Crippen LogP contribution in [0.4, 0.5) is 0 Å². The molecule has 0 saturated heterocycles. The molecule has 3 N–H and O–H groups in total. The maximum Gasteiger partial charge on any atom is 0.307 e. The Bertz CT molecular complexity index is 1300. The molecule has 7 nitrogen and oxygen atoms in total. The largest absolute Gasteiger partial charge is 0.496 e. The molecular formula is C25H22N2O5S. The highest BCUT2D eigenvalue weighted by Gasteiger charge is 2.12. The van der Waals surface area contributed by atoms with Crippen LogP contribution < -0.4 is 19.7 Å². The lowest BCUT2D eigenvalue weighted by atomic mass is 10.1. The van der Waals surface area contributed by atoms with Crippen molar-refractivity contribution in [2.75, 3.05) is 7.11 Å². The van der Waals surface area contributed by atoms with Crippen LogP contribution in [0.2, 0.25) is 0 Å². The lowest BCUT2D eigenvalue weighted by molar-refractivity contribution is 0.0950. The Morgan fingerprint density at radius 1 is 1.03 bits per heavy atom. The summed E-state index contributed by atoms with van der Waals surface area (Å²) in [5, 5.41) is 12.7. The van der Waals surface area contributed by atoms with Gasteiger partial charge in [0, 0.05) is 24.1 Å². The zero-order chi connectivity index (χ0) is 23.2. The van der Waals surface area contributed by atoms with Crippen molar-refractivity contribution < 1.29 is 19.4 Å². The topological polar surface area (TPSA) is 101 Å². The van der Waals surface area contributed by atoms with Gasteiger partial charge in [-0.1, -0.05) is 35.6 Å². The second-order valence-corrected chi connectivity index (χ2v) is 8.30. The smallest absolute Gasteiger partial charge is 0.307 e. The fourth-order valence-electron chi connectivity index (χ4n) is 3.31. The second-order valence-electron chi connectivity index (χ2n) is 7.23. The van der Waals surface area contributed by atoms with E-state index in [1.54, 1.807) is 37.4 Å². The lowest BCUT2D eigenvalue weighted by Gasteiger charge is -2.12. The molecule has 33 heavy (non-hydrogen) atoms. The molecular weight excluding hydrogens is 440 g/mol. The first-order chi connectivity index (χ1) is 16.0. The Kier molecular flexibility index (Phi) is 6.75. The first-order valence-corrected chi connectivity index (χ1v) is 11.0. The number of carbonyl (C=O) groups excluding carboxylic acids is 1. The fraction of sp³-hybridized carbons (Fsp3) is 0.120. The third-order valence-electron chi connectivity index (χ3n) is 4.94. The Morgan fingerprint density at radius 3 is 2.42 bits per heavy atom. The van der Waals surface area contributed by atoms with Crippen LogP contribution in [0, 0.1) is 0 Å². The molecule has 3 aromatic carbocycles. The predicted molar refractivity (Wildman–Crippen MR) is 127 cm³/mol. The van der Waals surface area contributed by atoms with E-state index in [4.69, 9.17) is 9.47 Å². The number of ether oxygens (including phenoxy) is 2. The van der Waals surface area contributed by atoms with Gasteiger partial charge in [-0.2, -0.15) is 0 Å². The molecule has 0 aliphatic rings. The minimum atomic E-state index is -0.302. The molecule has 4 aromatic rings. The summed E-state index contributed by atoms with van der Waals surface area (Å²) in [6, 6.07) is 21.9. The molecule has 1 aromatic heterocycles. The number of H-pyrrole nitrogens is 1. The van der Waals surface area contributed by atoms with Gasteiger partial charge in [-0.15, -0.1) is 0 Å². The van der Waals surface area contributed by atoms with Gasteiger partial charge in [0.05, 0.1) is 12.0 Å². The minimum Gasteiger partial charge on any atom is -0.496 e. The van der Waals surface area contributed by atoms with Crippen molar-refractivity contribution in [1.29, 1.82) is 0 Å². The third-order valence-corrected chi connectivity index (χ3v) is 5.82. The number of thiazole rings is 1. The monoisotopic (exact) mass is 462 g/mol. The van der Waals surface area contributed by atoms with Crippen molar-refractivity contribution in [2.45, 2.75) is 13.0 Å². The van der Waals surface area contributed by atoms with E-state index in [1.807, 2.05) is 42.5 Å². The highest BCUT2D eigenvalue weighted by atomic mass is 32.1. The molecule has 1 amide bonds. The quantitative estimate of drug-likeness (QED) is 0.359. The number of hydrogen-bond donors (Lipinski definition) is 3. The normalized spacial score (nSPS) is 10.6. The van der Waals surface area contributed by atoms with Crippen molar-refractivity contribution in [3.63, 3.8) is 0 Å². The molecule has 1 heterocycles. The number of carbonyl (C=O) groups is 1. The van der Waals surface area contributed by atoms with Crippen LogP contribution in [0.5, 0.6) is 23.1 Å². The molecule has 0 radical (unpaired) electrons. The van der Waals surface area contributed by atoms with E-state index in [2.05, 4.69) is 10.3 Å². The number of aromatic nitrogens is 1. The molecule has 0 fully saturated rings. The first kappa shape index (κ1) is 22.2. The molecule has 168 valence electrons. The number of aromatic hydroxyl groups is 1. The van der Waals surface area contributed by atoms with Gasteiger partial charge in [0.2, 0.25) is 5.88 Å². The molecule has 0 atom stereocenters. The maximum absolute atomic E-state index is 12.6. The molecule has 0 saturated carbocycles. The molecule has 0 bridgehead atoms. The maximum atomic E-state index is 12.6. The van der Waals surface area contributed by atoms with Gasteiger partial charge in [-0.25, -0.2) is 0 Å². The van der Waals surface area contributed by atoms with Crippen molar-refractivity contribution in [3.8, 4) is 23.1 Å². The van der Waals surface area contributed by atoms with Crippen molar-refractivity contribution in [2.24, 2.45) is 0 Å². The van der Waals surface area contributed by atoms with Gasteiger partial charge in [-0.3, -0.25) is 14.6 Å². The number of aromatic amines is 1. The molecule has 4 rings (SSSR count). The van der Waals surface area contributed by atoms with Gasteiger partial charge in [-0.05, 0) is 54.1 Å². The average molecular weight is 463 g/mol. The zero-order valence-corrected chi connectivity index (χ0v) is 18.6. The van der Waals surface area contributed by atoms with E-state index in [-0.39, 0.29) is 23.2 Å². The fourth-order valence-corrected chi connectivity index (χ4v) is 4.07. The molecule has 8 heteroatoms. The Morgan fingerprint density at radius 2 is 1.76 bits per heavy atom. The van der Waals surface area contributed by atoms with Crippen LogP contribution in [0.15, 0.2) is 77.6 Å². The van der Waals surface area contributed by atoms with E-state index in [0.717, 1.165) is 28.2 Å². The molecule has 0 spiro atoms. The van der Waals surface area contributed by atoms with Gasteiger partial charge in [0.15, 0.2) is 0 Å². The van der Waals surface area contributed by atoms with Crippen LogP contribution in [0.25, 0.3) is 0 Å². The van der Waals surface area contributed by atoms with Crippen LogP contribution in [-0.4, -0.2) is 23.1 Å². The van der Waals surface area contributed by atoms with Gasteiger partial charge < -0.3 is 19.9 Å². The predicted octanol–water partition coefficient (Wildman–Crippen LogP) is 4.46. The molecule has 0 aliphatic carbocycles. The molecule has 0 aliphatic heterocycles. The SMILES string of the molecule is COc1ccc(Cc2sc(=O)[nH]c2O)cc1CNC(=O)c1ccc(Oc2ccccc2)cc1. The summed E-state index contributed by atoms with van der Waals surface area (Å²) in [5.74, 6) is 1.66.